The van der Waals surface area contributed by atoms with Crippen LogP contribution in [0.1, 0.15) is 11.1 Å². The molecule has 0 amide bonds. The Kier molecular flexibility index (Phi) is 3.26. The summed E-state index contributed by atoms with van der Waals surface area (Å²) in [5, 5.41) is 0.276. The molecule has 1 aromatic heterocycles. The smallest absolute Gasteiger partial charge is 0.267 e. The highest BCUT2D eigenvalue weighted by atomic mass is 35.5. The molecule has 5 heteroatoms. The molecule has 0 aliphatic carbocycles. The Balaban J connectivity index is 2.46. The molecule has 3 rings (SSSR count). The zero-order valence-electron chi connectivity index (χ0n) is 11.5. The van der Waals surface area contributed by atoms with Crippen molar-refractivity contribution in [2.24, 2.45) is 0 Å². The highest BCUT2D eigenvalue weighted by Gasteiger charge is 2.15. The molecule has 21 heavy (non-hydrogen) atoms. The van der Waals surface area contributed by atoms with Gasteiger partial charge in [0.05, 0.1) is 16.6 Å². The molecule has 3 aromatic rings. The summed E-state index contributed by atoms with van der Waals surface area (Å²) in [6.45, 7) is 3.78. The normalized spacial score (nSPS) is 11.0. The van der Waals surface area contributed by atoms with Crippen LogP contribution in [0.4, 0.5) is 4.39 Å². The number of aromatic nitrogens is 2. The van der Waals surface area contributed by atoms with Gasteiger partial charge in [-0.05, 0) is 54.8 Å². The van der Waals surface area contributed by atoms with Crippen molar-refractivity contribution in [2.45, 2.75) is 13.8 Å². The van der Waals surface area contributed by atoms with E-state index in [2.05, 4.69) is 4.98 Å². The highest BCUT2D eigenvalue weighted by Crippen LogP contribution is 2.22. The van der Waals surface area contributed by atoms with Crippen molar-refractivity contribution >= 4 is 22.5 Å². The van der Waals surface area contributed by atoms with Crippen molar-refractivity contribution in [1.29, 1.82) is 0 Å². The second-order valence-corrected chi connectivity index (χ2v) is 5.26. The Bertz CT molecular complexity index is 898. The highest BCUT2D eigenvalue weighted by molar-refractivity contribution is 6.29. The van der Waals surface area contributed by atoms with Gasteiger partial charge in [0.1, 0.15) is 5.82 Å². The van der Waals surface area contributed by atoms with E-state index in [9.17, 15) is 9.18 Å². The van der Waals surface area contributed by atoms with E-state index in [1.807, 2.05) is 32.0 Å². The lowest BCUT2D eigenvalue weighted by Gasteiger charge is -2.14. The first-order valence-corrected chi connectivity index (χ1v) is 6.81. The minimum absolute atomic E-state index is 0.0662. The molecule has 0 unspecified atom stereocenters. The van der Waals surface area contributed by atoms with Crippen molar-refractivity contribution in [3.8, 4) is 5.69 Å². The minimum atomic E-state index is -0.475. The summed E-state index contributed by atoms with van der Waals surface area (Å²) < 4.78 is 14.7. The third kappa shape index (κ3) is 2.21. The number of para-hydroxylation sites is 1. The van der Waals surface area contributed by atoms with Gasteiger partial charge in [0.2, 0.25) is 5.28 Å². The van der Waals surface area contributed by atoms with E-state index in [1.165, 1.54) is 22.8 Å². The van der Waals surface area contributed by atoms with Crippen LogP contribution in [0, 0.1) is 19.7 Å². The molecule has 0 fully saturated rings. The molecule has 0 spiro atoms. The van der Waals surface area contributed by atoms with E-state index in [-0.39, 0.29) is 16.2 Å². The molecule has 0 bridgehead atoms. The number of nitrogens with zero attached hydrogens (tertiary/aromatic N) is 2. The lowest BCUT2D eigenvalue weighted by molar-refractivity contribution is 0.629. The molecule has 106 valence electrons. The lowest BCUT2D eigenvalue weighted by atomic mass is 10.1. The zero-order chi connectivity index (χ0) is 15.1. The molecule has 2 aromatic carbocycles. The van der Waals surface area contributed by atoms with Gasteiger partial charge in [0.15, 0.2) is 0 Å². The average molecular weight is 303 g/mol. The van der Waals surface area contributed by atoms with Gasteiger partial charge in [-0.3, -0.25) is 9.36 Å². The fraction of sp³-hybridized carbons (Fsp3) is 0.125. The summed E-state index contributed by atoms with van der Waals surface area (Å²) in [4.78, 5) is 16.9. The molecule has 0 aliphatic rings. The molecule has 3 nitrogen and oxygen atoms in total. The van der Waals surface area contributed by atoms with Crippen molar-refractivity contribution < 1.29 is 4.39 Å². The number of fused-ring (bicyclic) bond motifs is 1. The monoisotopic (exact) mass is 302 g/mol. The molecular formula is C16H12ClFN2O. The van der Waals surface area contributed by atoms with Crippen LogP contribution in [0.5, 0.6) is 0 Å². The molecule has 0 saturated carbocycles. The van der Waals surface area contributed by atoms with Gasteiger partial charge in [0.25, 0.3) is 5.56 Å². The summed E-state index contributed by atoms with van der Waals surface area (Å²) >= 11 is 6.18. The largest absolute Gasteiger partial charge is 0.268 e. The lowest BCUT2D eigenvalue weighted by Crippen LogP contribution is -2.22. The van der Waals surface area contributed by atoms with Crippen LogP contribution in [0.25, 0.3) is 16.6 Å². The molecule has 0 saturated heterocycles. The molecule has 0 radical (unpaired) electrons. The number of hydrogen-bond donors (Lipinski definition) is 0. The van der Waals surface area contributed by atoms with Crippen LogP contribution < -0.4 is 5.56 Å². The Hall–Kier alpha value is -2.20. The minimum Gasteiger partial charge on any atom is -0.268 e. The van der Waals surface area contributed by atoms with E-state index in [4.69, 9.17) is 11.6 Å². The Labute approximate surface area is 125 Å². The van der Waals surface area contributed by atoms with Crippen molar-refractivity contribution in [3.05, 3.63) is 69.0 Å². The zero-order valence-corrected chi connectivity index (χ0v) is 12.3. The number of rotatable bonds is 1. The molecule has 0 N–H and O–H groups in total. The van der Waals surface area contributed by atoms with Gasteiger partial charge in [-0.2, -0.15) is 0 Å². The fourth-order valence-corrected chi connectivity index (χ4v) is 2.74. The number of halogens is 2. The SMILES string of the molecule is Cc1cccc(C)c1-n1c(Cl)nc2ccc(F)cc2c1=O. The fourth-order valence-electron chi connectivity index (χ4n) is 2.48. The van der Waals surface area contributed by atoms with Crippen LogP contribution >= 0.6 is 11.6 Å². The van der Waals surface area contributed by atoms with E-state index in [1.54, 1.807) is 0 Å². The summed E-state index contributed by atoms with van der Waals surface area (Å²) in [5.41, 5.74) is 2.50. The summed E-state index contributed by atoms with van der Waals surface area (Å²) in [5.74, 6) is -0.475. The predicted octanol–water partition coefficient (Wildman–Crippen LogP) is 3.80. The summed E-state index contributed by atoms with van der Waals surface area (Å²) in [6, 6.07) is 9.58. The first-order chi connectivity index (χ1) is 9.99. The van der Waals surface area contributed by atoms with E-state index >= 15 is 0 Å². The number of benzene rings is 2. The van der Waals surface area contributed by atoms with Crippen LogP contribution in [-0.2, 0) is 0 Å². The van der Waals surface area contributed by atoms with Crippen molar-refractivity contribution in [2.75, 3.05) is 0 Å². The van der Waals surface area contributed by atoms with Crippen molar-refractivity contribution in [3.63, 3.8) is 0 Å². The maximum absolute atomic E-state index is 13.4. The third-order valence-electron chi connectivity index (χ3n) is 3.45. The summed E-state index contributed by atoms with van der Waals surface area (Å²) in [7, 11) is 0. The predicted molar refractivity (Wildman–Crippen MR) is 81.8 cm³/mol. The topological polar surface area (TPSA) is 34.9 Å². The van der Waals surface area contributed by atoms with Gasteiger partial charge in [-0.25, -0.2) is 9.37 Å². The Morgan fingerprint density at radius 3 is 2.48 bits per heavy atom. The van der Waals surface area contributed by atoms with Crippen molar-refractivity contribution in [1.82, 2.24) is 9.55 Å². The number of hydrogen-bond acceptors (Lipinski definition) is 2. The molecule has 0 aliphatic heterocycles. The van der Waals surface area contributed by atoms with E-state index in [0.717, 1.165) is 11.1 Å². The maximum atomic E-state index is 13.4. The van der Waals surface area contributed by atoms with Crippen LogP contribution in [0.3, 0.4) is 0 Å². The molecule has 1 heterocycles. The van der Waals surface area contributed by atoms with Gasteiger partial charge >= 0.3 is 0 Å². The van der Waals surface area contributed by atoms with Gasteiger partial charge in [-0.15, -0.1) is 0 Å². The van der Waals surface area contributed by atoms with E-state index < -0.39 is 5.82 Å². The van der Waals surface area contributed by atoms with Crippen LogP contribution in [0.2, 0.25) is 5.28 Å². The maximum Gasteiger partial charge on any atom is 0.267 e. The first-order valence-electron chi connectivity index (χ1n) is 6.43. The van der Waals surface area contributed by atoms with Crippen LogP contribution in [-0.4, -0.2) is 9.55 Å². The second-order valence-electron chi connectivity index (χ2n) is 4.92. The van der Waals surface area contributed by atoms with Gasteiger partial charge in [0, 0.05) is 0 Å². The first kappa shape index (κ1) is 13.8. The average Bonchev–Trinajstić information content (AvgIpc) is 2.43. The van der Waals surface area contributed by atoms with Gasteiger partial charge < -0.3 is 0 Å². The standard InChI is InChI=1S/C16H12ClFN2O/c1-9-4-3-5-10(2)14(9)20-15(21)12-8-11(18)6-7-13(12)19-16(20)17/h3-8H,1-2H3. The summed E-state index contributed by atoms with van der Waals surface area (Å²) in [6.07, 6.45) is 0. The molecule has 0 atom stereocenters. The second kappa shape index (κ2) is 4.97. The Morgan fingerprint density at radius 2 is 1.81 bits per heavy atom. The van der Waals surface area contributed by atoms with Gasteiger partial charge in [-0.1, -0.05) is 18.2 Å². The number of aryl methyl sites for hydroxylation is 2. The quantitative estimate of drug-likeness (QED) is 0.641. The third-order valence-corrected chi connectivity index (χ3v) is 3.71. The van der Waals surface area contributed by atoms with E-state index in [0.29, 0.717) is 11.2 Å². The molecular weight excluding hydrogens is 291 g/mol. The Morgan fingerprint density at radius 1 is 1.14 bits per heavy atom. The van der Waals surface area contributed by atoms with Crippen LogP contribution in [0.15, 0.2) is 41.2 Å².